The maximum Gasteiger partial charge on any atom is 0.263 e. The van der Waals surface area contributed by atoms with Crippen LogP contribution in [0.1, 0.15) is 54.6 Å². The first-order valence-corrected chi connectivity index (χ1v) is 14.7. The lowest BCUT2D eigenvalue weighted by molar-refractivity contribution is 0.0593. The summed E-state index contributed by atoms with van der Waals surface area (Å²) < 4.78 is 43.0. The Balaban J connectivity index is 1.46. The van der Waals surface area contributed by atoms with Crippen molar-refractivity contribution in [3.8, 4) is 6.07 Å². The minimum Gasteiger partial charge on any atom is -0.378 e. The van der Waals surface area contributed by atoms with Crippen molar-refractivity contribution >= 4 is 41.7 Å². The molecule has 0 amide bonds. The lowest BCUT2D eigenvalue weighted by atomic mass is 9.69. The van der Waals surface area contributed by atoms with E-state index in [0.29, 0.717) is 57.0 Å². The quantitative estimate of drug-likeness (QED) is 0.169. The zero-order valence-electron chi connectivity index (χ0n) is 24.0. The number of benzene rings is 3. The molecule has 12 heteroatoms. The van der Waals surface area contributed by atoms with Crippen LogP contribution >= 0.6 is 11.6 Å². The molecule has 2 atom stereocenters. The molecule has 1 fully saturated rings. The molecule has 1 aliphatic carbocycles. The topological polar surface area (TPSA) is 91.5 Å². The van der Waals surface area contributed by atoms with E-state index in [-0.39, 0.29) is 6.04 Å². The number of halogens is 4. The zero-order valence-corrected chi connectivity index (χ0v) is 24.8. The molecule has 0 radical (unpaired) electrons. The summed E-state index contributed by atoms with van der Waals surface area (Å²) in [5.41, 5.74) is 1.54. The maximum atomic E-state index is 14.0. The van der Waals surface area contributed by atoms with Crippen molar-refractivity contribution in [2.75, 3.05) is 10.6 Å². The van der Waals surface area contributed by atoms with Crippen molar-refractivity contribution in [2.24, 2.45) is 0 Å². The third kappa shape index (κ3) is 5.24. The van der Waals surface area contributed by atoms with Crippen molar-refractivity contribution < 1.29 is 13.2 Å². The number of nitriles is 1. The van der Waals surface area contributed by atoms with E-state index in [0.717, 1.165) is 12.0 Å². The van der Waals surface area contributed by atoms with Crippen LogP contribution in [0.2, 0.25) is 5.02 Å². The Morgan fingerprint density at radius 2 is 1.86 bits per heavy atom. The smallest absolute Gasteiger partial charge is 0.263 e. The van der Waals surface area contributed by atoms with Crippen LogP contribution < -0.4 is 10.6 Å². The van der Waals surface area contributed by atoms with Gasteiger partial charge in [0.15, 0.2) is 0 Å². The first-order valence-electron chi connectivity index (χ1n) is 14.3. The van der Waals surface area contributed by atoms with Gasteiger partial charge in [0.25, 0.3) is 6.43 Å². The number of rotatable bonds is 10. The van der Waals surface area contributed by atoms with Crippen molar-refractivity contribution in [3.63, 3.8) is 0 Å². The van der Waals surface area contributed by atoms with E-state index in [1.54, 1.807) is 18.2 Å². The van der Waals surface area contributed by atoms with E-state index >= 15 is 0 Å². The molecule has 2 N–H and O–H groups in total. The Bertz CT molecular complexity index is 1860. The summed E-state index contributed by atoms with van der Waals surface area (Å²) in [5.74, 6) is -0.419. The van der Waals surface area contributed by atoms with Crippen LogP contribution in [-0.4, -0.2) is 34.2 Å². The molecule has 1 aliphatic rings. The predicted molar refractivity (Wildman–Crippen MR) is 167 cm³/mol. The fourth-order valence-electron chi connectivity index (χ4n) is 5.59. The summed E-state index contributed by atoms with van der Waals surface area (Å²) in [6.07, 6.45) is 1.80. The number of pyridine rings is 1. The minimum absolute atomic E-state index is 0.0895. The third-order valence-electron chi connectivity index (χ3n) is 8.42. The maximum absolute atomic E-state index is 14.0. The molecule has 1 saturated carbocycles. The number of nitrogens with zero attached hydrogens (tertiary/aromatic N) is 5. The van der Waals surface area contributed by atoms with Crippen LogP contribution in [0.25, 0.3) is 10.9 Å². The molecule has 0 aliphatic heterocycles. The van der Waals surface area contributed by atoms with Gasteiger partial charge in [0, 0.05) is 17.3 Å². The SMILES string of the molecule is BC(Nc1cc(Cl)c2ncc(C#N)c(N[C@H](CC)c3ccccc3)c2c1)(c1ccc(F)cc1)c1cn(C2(C(F)F)CC2)nn1. The molecule has 0 bridgehead atoms. The fraction of sp³-hybridized carbons (Fsp3) is 0.250. The van der Waals surface area contributed by atoms with Crippen molar-refractivity contribution in [2.45, 2.75) is 49.6 Å². The number of anilines is 2. The van der Waals surface area contributed by atoms with E-state index in [1.165, 1.54) is 29.2 Å². The van der Waals surface area contributed by atoms with E-state index in [4.69, 9.17) is 11.6 Å². The van der Waals surface area contributed by atoms with Crippen LogP contribution in [-0.2, 0) is 11.0 Å². The molecule has 2 heterocycles. The average molecular weight is 614 g/mol. The largest absolute Gasteiger partial charge is 0.378 e. The number of alkyl halides is 2. The summed E-state index contributed by atoms with van der Waals surface area (Å²) >= 11 is 6.79. The Morgan fingerprint density at radius 1 is 1.14 bits per heavy atom. The van der Waals surface area contributed by atoms with Gasteiger partial charge in [-0.05, 0) is 54.7 Å². The highest BCUT2D eigenvalue weighted by atomic mass is 35.5. The van der Waals surface area contributed by atoms with Gasteiger partial charge in [-0.25, -0.2) is 17.9 Å². The molecule has 222 valence electrons. The number of nitrogens with one attached hydrogen (secondary N) is 2. The van der Waals surface area contributed by atoms with Gasteiger partial charge in [-0.1, -0.05) is 66.2 Å². The van der Waals surface area contributed by atoms with Crippen LogP contribution in [0, 0.1) is 17.1 Å². The van der Waals surface area contributed by atoms with Crippen LogP contribution in [0.3, 0.4) is 0 Å². The van der Waals surface area contributed by atoms with Gasteiger partial charge in [-0.15, -0.1) is 5.10 Å². The minimum atomic E-state index is -2.59. The first kappa shape index (κ1) is 29.5. The second-order valence-electron chi connectivity index (χ2n) is 11.2. The molecular formula is C32H28BClF3N7. The second-order valence-corrected chi connectivity index (χ2v) is 11.6. The van der Waals surface area contributed by atoms with E-state index in [9.17, 15) is 18.4 Å². The monoisotopic (exact) mass is 613 g/mol. The van der Waals surface area contributed by atoms with Gasteiger partial charge in [0.1, 0.15) is 31.0 Å². The molecule has 3 aromatic carbocycles. The van der Waals surface area contributed by atoms with Crippen molar-refractivity contribution in [1.82, 2.24) is 20.0 Å². The van der Waals surface area contributed by atoms with E-state index in [1.807, 2.05) is 44.2 Å². The van der Waals surface area contributed by atoms with Gasteiger partial charge >= 0.3 is 0 Å². The van der Waals surface area contributed by atoms with Gasteiger partial charge in [0.2, 0.25) is 0 Å². The van der Waals surface area contributed by atoms with Gasteiger partial charge in [-0.3, -0.25) is 4.98 Å². The van der Waals surface area contributed by atoms with Crippen molar-refractivity contribution in [1.29, 1.82) is 5.26 Å². The molecule has 2 aromatic heterocycles. The summed E-state index contributed by atoms with van der Waals surface area (Å²) in [7, 11) is 1.82. The molecule has 6 rings (SSSR count). The summed E-state index contributed by atoms with van der Waals surface area (Å²) in [4.78, 5) is 4.47. The molecule has 44 heavy (non-hydrogen) atoms. The van der Waals surface area contributed by atoms with Gasteiger partial charge in [-0.2, -0.15) is 5.26 Å². The average Bonchev–Trinajstić information content (AvgIpc) is 3.69. The number of hydrogen-bond donors (Lipinski definition) is 2. The lowest BCUT2D eigenvalue weighted by Gasteiger charge is -2.31. The molecule has 0 saturated heterocycles. The molecule has 1 unspecified atom stereocenters. The van der Waals surface area contributed by atoms with Crippen LogP contribution in [0.15, 0.2) is 79.1 Å². The molecule has 7 nitrogen and oxygen atoms in total. The zero-order chi connectivity index (χ0) is 31.1. The summed E-state index contributed by atoms with van der Waals surface area (Å²) in [6, 6.07) is 21.5. The number of fused-ring (bicyclic) bond motifs is 1. The van der Waals surface area contributed by atoms with Crippen LogP contribution in [0.5, 0.6) is 0 Å². The molecular weight excluding hydrogens is 586 g/mol. The third-order valence-corrected chi connectivity index (χ3v) is 8.71. The van der Waals surface area contributed by atoms with Crippen molar-refractivity contribution in [3.05, 3.63) is 112 Å². The summed E-state index contributed by atoms with van der Waals surface area (Å²) in [5, 5.41) is 26.4. The summed E-state index contributed by atoms with van der Waals surface area (Å²) in [6.45, 7) is 2.06. The van der Waals surface area contributed by atoms with E-state index < -0.39 is 23.2 Å². The van der Waals surface area contributed by atoms with Crippen LogP contribution in [0.4, 0.5) is 24.5 Å². The first-order chi connectivity index (χ1) is 21.2. The number of hydrogen-bond acceptors (Lipinski definition) is 6. The Labute approximate surface area is 258 Å². The Kier molecular flexibility index (Phi) is 7.72. The molecule has 0 spiro atoms. The Hall–Kier alpha value is -4.56. The van der Waals surface area contributed by atoms with E-state index in [2.05, 4.69) is 38.9 Å². The number of aromatic nitrogens is 4. The standard InChI is InChI=1S/C32H28BClF3N7/c1-2-26(19-6-4-3-5-7-19)40-28-20(16-38)17-39-29-24(28)14-23(15-25(29)34)41-32(33,21-8-10-22(35)11-9-21)27-18-44(43-42-27)31(12-13-31)30(36)37/h3-11,14-15,17-18,26,30,41H,2,12-13,33H2,1H3,(H,39,40)/t26-,32?/m1/s1. The highest BCUT2D eigenvalue weighted by molar-refractivity contribution is 6.36. The highest BCUT2D eigenvalue weighted by Crippen LogP contribution is 2.48. The fourth-order valence-corrected chi connectivity index (χ4v) is 5.86. The Morgan fingerprint density at radius 3 is 2.50 bits per heavy atom. The normalized spacial score (nSPS) is 15.8. The molecule has 5 aromatic rings. The predicted octanol–water partition coefficient (Wildman–Crippen LogP) is 6.75. The van der Waals surface area contributed by atoms with Gasteiger partial charge in [0.05, 0.1) is 39.5 Å². The highest BCUT2D eigenvalue weighted by Gasteiger charge is 2.54. The second kappa shape index (κ2) is 11.5. The lowest BCUT2D eigenvalue weighted by Crippen LogP contribution is -2.38. The van der Waals surface area contributed by atoms with Gasteiger partial charge < -0.3 is 10.6 Å².